The fourth-order valence-electron chi connectivity index (χ4n) is 2.29. The largest absolute Gasteiger partial charge is 0.452 e. The van der Waals surface area contributed by atoms with Crippen molar-refractivity contribution in [2.75, 3.05) is 0 Å². The lowest BCUT2D eigenvalue weighted by Crippen LogP contribution is -2.01. The van der Waals surface area contributed by atoms with Crippen LogP contribution in [0.5, 0.6) is 11.5 Å². The van der Waals surface area contributed by atoms with Gasteiger partial charge in [0.1, 0.15) is 11.5 Å². The fraction of sp³-hybridized carbons (Fsp3) is 0.111. The number of rotatable bonds is 2. The summed E-state index contributed by atoms with van der Waals surface area (Å²) in [6.45, 7) is 3.29. The summed E-state index contributed by atoms with van der Waals surface area (Å²) in [7, 11) is 0. The molecule has 0 radical (unpaired) electrons. The first kappa shape index (κ1) is 14.1. The molecule has 0 atom stereocenters. The number of fused-ring (bicyclic) bond motifs is 1. The molecule has 0 unspecified atom stereocenters. The minimum Gasteiger partial charge on any atom is -0.452 e. The molecule has 0 saturated heterocycles. The van der Waals surface area contributed by atoms with Gasteiger partial charge in [-0.2, -0.15) is 0 Å². The van der Waals surface area contributed by atoms with Gasteiger partial charge in [0.15, 0.2) is 5.76 Å². The van der Waals surface area contributed by atoms with Crippen LogP contribution in [-0.2, 0) is 4.79 Å². The van der Waals surface area contributed by atoms with E-state index in [4.69, 9.17) is 9.47 Å². The Morgan fingerprint density at radius 1 is 1.18 bits per heavy atom. The fourth-order valence-corrected chi connectivity index (χ4v) is 2.29. The maximum atomic E-state index is 12.3. The zero-order valence-corrected chi connectivity index (χ0v) is 12.3. The molecule has 22 heavy (non-hydrogen) atoms. The van der Waals surface area contributed by atoms with Crippen LogP contribution in [0.25, 0.3) is 6.08 Å². The third-order valence-electron chi connectivity index (χ3n) is 3.38. The highest BCUT2D eigenvalue weighted by atomic mass is 16.5. The van der Waals surface area contributed by atoms with Crippen LogP contribution in [0.15, 0.2) is 48.2 Å². The van der Waals surface area contributed by atoms with Crippen molar-refractivity contribution in [1.29, 1.82) is 0 Å². The molecule has 0 aromatic heterocycles. The van der Waals surface area contributed by atoms with Gasteiger partial charge < -0.3 is 9.47 Å². The van der Waals surface area contributed by atoms with Gasteiger partial charge in [-0.1, -0.05) is 24.3 Å². The second kappa shape index (κ2) is 5.48. The van der Waals surface area contributed by atoms with Gasteiger partial charge in [-0.15, -0.1) is 0 Å². The van der Waals surface area contributed by atoms with Crippen LogP contribution in [0.2, 0.25) is 0 Å². The van der Waals surface area contributed by atoms with Gasteiger partial charge >= 0.3 is 5.97 Å². The zero-order valence-electron chi connectivity index (χ0n) is 12.3. The number of hydrogen-bond donors (Lipinski definition) is 0. The van der Waals surface area contributed by atoms with Gasteiger partial charge in [0.2, 0.25) is 5.78 Å². The SMILES string of the molecule is CC(=O)Oc1ccc2c(c1)O/C(=C\c1ccccc1C)C2=O. The van der Waals surface area contributed by atoms with Crippen LogP contribution in [0, 0.1) is 6.92 Å². The Hall–Kier alpha value is -2.88. The first-order valence-corrected chi connectivity index (χ1v) is 6.87. The summed E-state index contributed by atoms with van der Waals surface area (Å²) < 4.78 is 10.6. The molecule has 1 heterocycles. The summed E-state index contributed by atoms with van der Waals surface area (Å²) in [5.41, 5.74) is 2.46. The van der Waals surface area contributed by atoms with Crippen molar-refractivity contribution < 1.29 is 19.1 Å². The molecule has 0 saturated carbocycles. The Morgan fingerprint density at radius 3 is 2.68 bits per heavy atom. The van der Waals surface area contributed by atoms with E-state index >= 15 is 0 Å². The summed E-state index contributed by atoms with van der Waals surface area (Å²) in [4.78, 5) is 23.3. The van der Waals surface area contributed by atoms with Crippen molar-refractivity contribution in [3.05, 3.63) is 64.9 Å². The predicted molar refractivity (Wildman–Crippen MR) is 81.9 cm³/mol. The number of carbonyl (C=O) groups excluding carboxylic acids is 2. The van der Waals surface area contributed by atoms with Gasteiger partial charge in [0.25, 0.3) is 0 Å². The number of carbonyl (C=O) groups is 2. The highest BCUT2D eigenvalue weighted by Gasteiger charge is 2.28. The minimum atomic E-state index is -0.417. The summed E-state index contributed by atoms with van der Waals surface area (Å²) in [6, 6.07) is 12.5. The average molecular weight is 294 g/mol. The normalized spacial score (nSPS) is 14.6. The van der Waals surface area contributed by atoms with Crippen molar-refractivity contribution in [3.8, 4) is 11.5 Å². The Balaban J connectivity index is 1.94. The first-order valence-electron chi connectivity index (χ1n) is 6.87. The van der Waals surface area contributed by atoms with Gasteiger partial charge in [-0.05, 0) is 36.3 Å². The summed E-state index contributed by atoms with van der Waals surface area (Å²) in [5, 5.41) is 0. The molecule has 4 nitrogen and oxygen atoms in total. The van der Waals surface area contributed by atoms with E-state index in [1.54, 1.807) is 24.3 Å². The van der Waals surface area contributed by atoms with Crippen molar-refractivity contribution in [3.63, 3.8) is 0 Å². The van der Waals surface area contributed by atoms with Crippen LogP contribution < -0.4 is 9.47 Å². The van der Waals surface area contributed by atoms with Crippen LogP contribution in [-0.4, -0.2) is 11.8 Å². The van der Waals surface area contributed by atoms with Crippen molar-refractivity contribution >= 4 is 17.8 Å². The summed E-state index contributed by atoms with van der Waals surface area (Å²) in [6.07, 6.45) is 1.73. The van der Waals surface area contributed by atoms with Crippen LogP contribution >= 0.6 is 0 Å². The Bertz CT molecular complexity index is 802. The molecule has 2 aromatic rings. The Kier molecular flexibility index (Phi) is 3.51. The number of esters is 1. The lowest BCUT2D eigenvalue weighted by molar-refractivity contribution is -0.131. The smallest absolute Gasteiger partial charge is 0.308 e. The van der Waals surface area contributed by atoms with Gasteiger partial charge in [-0.25, -0.2) is 0 Å². The van der Waals surface area contributed by atoms with E-state index < -0.39 is 5.97 Å². The molecule has 0 fully saturated rings. The lowest BCUT2D eigenvalue weighted by Gasteiger charge is -2.03. The third kappa shape index (κ3) is 2.63. The average Bonchev–Trinajstić information content (AvgIpc) is 2.77. The molecular formula is C18H14O4. The molecule has 1 aliphatic rings. The molecule has 2 aromatic carbocycles. The molecule has 0 N–H and O–H groups in total. The molecule has 0 aliphatic carbocycles. The number of benzene rings is 2. The van der Waals surface area contributed by atoms with E-state index in [0.717, 1.165) is 11.1 Å². The molecule has 110 valence electrons. The molecule has 0 amide bonds. The number of ketones is 1. The summed E-state index contributed by atoms with van der Waals surface area (Å²) >= 11 is 0. The monoisotopic (exact) mass is 294 g/mol. The maximum absolute atomic E-state index is 12.3. The Morgan fingerprint density at radius 2 is 1.95 bits per heavy atom. The first-order chi connectivity index (χ1) is 10.5. The molecule has 0 bridgehead atoms. The number of hydrogen-bond acceptors (Lipinski definition) is 4. The third-order valence-corrected chi connectivity index (χ3v) is 3.38. The second-order valence-electron chi connectivity index (χ2n) is 5.05. The topological polar surface area (TPSA) is 52.6 Å². The van der Waals surface area contributed by atoms with Crippen molar-refractivity contribution in [2.45, 2.75) is 13.8 Å². The molecule has 3 rings (SSSR count). The molecule has 1 aliphatic heterocycles. The van der Waals surface area contributed by atoms with Gasteiger partial charge in [0.05, 0.1) is 5.56 Å². The predicted octanol–water partition coefficient (Wildman–Crippen LogP) is 3.54. The van der Waals surface area contributed by atoms with E-state index in [2.05, 4.69) is 0 Å². The van der Waals surface area contributed by atoms with Gasteiger partial charge in [-0.3, -0.25) is 9.59 Å². The quantitative estimate of drug-likeness (QED) is 0.483. The zero-order chi connectivity index (χ0) is 15.7. The number of Topliss-reactive ketones (excluding diaryl/α,β-unsaturated/α-hetero) is 1. The molecule has 4 heteroatoms. The molecule has 0 spiro atoms. The van der Waals surface area contributed by atoms with Crippen LogP contribution in [0.1, 0.15) is 28.4 Å². The van der Waals surface area contributed by atoms with Gasteiger partial charge in [0, 0.05) is 13.0 Å². The maximum Gasteiger partial charge on any atom is 0.308 e. The van der Waals surface area contributed by atoms with Crippen molar-refractivity contribution in [1.82, 2.24) is 0 Å². The number of allylic oxidation sites excluding steroid dienone is 1. The lowest BCUT2D eigenvalue weighted by atomic mass is 10.1. The van der Waals surface area contributed by atoms with E-state index in [1.807, 2.05) is 31.2 Å². The highest BCUT2D eigenvalue weighted by Crippen LogP contribution is 2.35. The van der Waals surface area contributed by atoms with E-state index in [0.29, 0.717) is 17.1 Å². The highest BCUT2D eigenvalue weighted by molar-refractivity contribution is 6.14. The van der Waals surface area contributed by atoms with E-state index in [-0.39, 0.29) is 11.5 Å². The summed E-state index contributed by atoms with van der Waals surface area (Å²) in [5.74, 6) is 0.441. The standard InChI is InChI=1S/C18H14O4/c1-11-5-3-4-6-13(11)9-17-18(20)15-8-7-14(21-12(2)19)10-16(15)22-17/h3-10H,1-2H3/b17-9-. The number of aryl methyl sites for hydroxylation is 1. The molecular weight excluding hydrogens is 280 g/mol. The van der Waals surface area contributed by atoms with Crippen molar-refractivity contribution in [2.24, 2.45) is 0 Å². The minimum absolute atomic E-state index is 0.173. The Labute approximate surface area is 128 Å². The van der Waals surface area contributed by atoms with E-state index in [9.17, 15) is 9.59 Å². The van der Waals surface area contributed by atoms with Crippen LogP contribution in [0.4, 0.5) is 0 Å². The second-order valence-corrected chi connectivity index (χ2v) is 5.05. The van der Waals surface area contributed by atoms with E-state index in [1.165, 1.54) is 6.92 Å². The van der Waals surface area contributed by atoms with Crippen LogP contribution in [0.3, 0.4) is 0 Å². The number of ether oxygens (including phenoxy) is 2.